The summed E-state index contributed by atoms with van der Waals surface area (Å²) in [5.41, 5.74) is 2.46. The third-order valence-corrected chi connectivity index (χ3v) is 4.94. The number of halogens is 1. The van der Waals surface area contributed by atoms with Crippen LogP contribution in [-0.2, 0) is 6.54 Å². The van der Waals surface area contributed by atoms with Crippen LogP contribution in [0.3, 0.4) is 0 Å². The molecule has 1 aromatic heterocycles. The van der Waals surface area contributed by atoms with Crippen LogP contribution in [0.1, 0.15) is 44.6 Å². The van der Waals surface area contributed by atoms with E-state index in [1.807, 2.05) is 12.1 Å². The molecule has 0 bridgehead atoms. The fourth-order valence-corrected chi connectivity index (χ4v) is 3.55. The summed E-state index contributed by atoms with van der Waals surface area (Å²) < 4.78 is 0. The molecule has 2 nitrogen and oxygen atoms in total. The lowest BCUT2D eigenvalue weighted by molar-refractivity contribution is 0.281. The highest BCUT2D eigenvalue weighted by Gasteiger charge is 2.19. The molecule has 20 heavy (non-hydrogen) atoms. The average molecular weight is 291 g/mol. The molecular formula is C17H23ClN2. The molecule has 1 aliphatic rings. The quantitative estimate of drug-likeness (QED) is 0.825. The van der Waals surface area contributed by atoms with Crippen molar-refractivity contribution in [1.82, 2.24) is 10.3 Å². The molecule has 0 spiro atoms. The molecule has 0 aliphatic heterocycles. The number of benzene rings is 1. The molecule has 3 rings (SSSR count). The van der Waals surface area contributed by atoms with Gasteiger partial charge in [0, 0.05) is 34.7 Å². The van der Waals surface area contributed by atoms with E-state index >= 15 is 0 Å². The van der Waals surface area contributed by atoms with E-state index in [1.54, 1.807) is 0 Å². The second kappa shape index (κ2) is 6.19. The fourth-order valence-electron chi connectivity index (χ4n) is 3.38. The minimum atomic E-state index is 0.604. The predicted octanol–water partition coefficient (Wildman–Crippen LogP) is 4.88. The molecule has 1 heterocycles. The van der Waals surface area contributed by atoms with Crippen molar-refractivity contribution in [1.29, 1.82) is 0 Å². The lowest BCUT2D eigenvalue weighted by Gasteiger charge is -2.28. The fraction of sp³-hybridized carbons (Fsp3) is 0.529. The van der Waals surface area contributed by atoms with Gasteiger partial charge in [-0.25, -0.2) is 0 Å². The molecule has 1 fully saturated rings. The molecule has 2 aromatic rings. The third kappa shape index (κ3) is 3.02. The number of hydrogen-bond acceptors (Lipinski definition) is 1. The van der Waals surface area contributed by atoms with Crippen molar-refractivity contribution in [3.05, 3.63) is 35.0 Å². The van der Waals surface area contributed by atoms with E-state index in [0.717, 1.165) is 23.0 Å². The van der Waals surface area contributed by atoms with Gasteiger partial charge in [0.1, 0.15) is 0 Å². The smallest absolute Gasteiger partial charge is 0.0472 e. The van der Waals surface area contributed by atoms with E-state index in [-0.39, 0.29) is 0 Å². The van der Waals surface area contributed by atoms with Crippen LogP contribution >= 0.6 is 11.6 Å². The van der Waals surface area contributed by atoms with Crippen LogP contribution in [0.4, 0.5) is 0 Å². The Morgan fingerprint density at radius 1 is 1.30 bits per heavy atom. The maximum absolute atomic E-state index is 6.02. The van der Waals surface area contributed by atoms with Crippen LogP contribution < -0.4 is 5.32 Å². The zero-order valence-electron chi connectivity index (χ0n) is 12.1. The van der Waals surface area contributed by atoms with Gasteiger partial charge >= 0.3 is 0 Å². The molecule has 0 saturated heterocycles. The van der Waals surface area contributed by atoms with Gasteiger partial charge in [0.2, 0.25) is 0 Å². The maximum Gasteiger partial charge on any atom is 0.0472 e. The van der Waals surface area contributed by atoms with Crippen molar-refractivity contribution in [2.45, 2.75) is 51.6 Å². The Labute approximate surface area is 125 Å². The van der Waals surface area contributed by atoms with Crippen LogP contribution in [0.5, 0.6) is 0 Å². The summed E-state index contributed by atoms with van der Waals surface area (Å²) in [7, 11) is 0. The summed E-state index contributed by atoms with van der Waals surface area (Å²) in [4.78, 5) is 3.31. The Morgan fingerprint density at radius 2 is 2.10 bits per heavy atom. The van der Waals surface area contributed by atoms with Crippen LogP contribution in [0.2, 0.25) is 5.02 Å². The molecule has 1 atom stereocenters. The van der Waals surface area contributed by atoms with Gasteiger partial charge in [0.25, 0.3) is 0 Å². The number of H-pyrrole nitrogens is 1. The summed E-state index contributed by atoms with van der Waals surface area (Å²) in [6.07, 6.45) is 9.11. The SMILES string of the molecule is C[C@H](NCc1c[nH]c2cc(Cl)ccc12)C1CCCCC1. The van der Waals surface area contributed by atoms with Gasteiger partial charge in [-0.3, -0.25) is 0 Å². The van der Waals surface area contributed by atoms with Crippen molar-refractivity contribution in [2.75, 3.05) is 0 Å². The van der Waals surface area contributed by atoms with Gasteiger partial charge in [-0.2, -0.15) is 0 Å². The summed E-state index contributed by atoms with van der Waals surface area (Å²) >= 11 is 6.02. The lowest BCUT2D eigenvalue weighted by atomic mass is 9.84. The van der Waals surface area contributed by atoms with Crippen LogP contribution in [0.25, 0.3) is 10.9 Å². The van der Waals surface area contributed by atoms with E-state index in [0.29, 0.717) is 6.04 Å². The monoisotopic (exact) mass is 290 g/mol. The highest BCUT2D eigenvalue weighted by molar-refractivity contribution is 6.31. The van der Waals surface area contributed by atoms with Gasteiger partial charge in [-0.15, -0.1) is 0 Å². The van der Waals surface area contributed by atoms with Crippen molar-refractivity contribution < 1.29 is 0 Å². The Hall–Kier alpha value is -0.990. The first-order valence-electron chi connectivity index (χ1n) is 7.73. The number of rotatable bonds is 4. The first-order valence-corrected chi connectivity index (χ1v) is 8.11. The molecule has 3 heteroatoms. The van der Waals surface area contributed by atoms with Crippen molar-refractivity contribution in [2.24, 2.45) is 5.92 Å². The summed E-state index contributed by atoms with van der Waals surface area (Å²) in [6.45, 7) is 3.26. The lowest BCUT2D eigenvalue weighted by Crippen LogP contribution is -2.34. The Morgan fingerprint density at radius 3 is 2.90 bits per heavy atom. The summed E-state index contributed by atoms with van der Waals surface area (Å²) in [6, 6.07) is 6.67. The first-order chi connectivity index (χ1) is 9.74. The van der Waals surface area contributed by atoms with Gasteiger partial charge in [-0.05, 0) is 43.4 Å². The molecule has 2 N–H and O–H groups in total. The van der Waals surface area contributed by atoms with Crippen LogP contribution in [-0.4, -0.2) is 11.0 Å². The highest BCUT2D eigenvalue weighted by atomic mass is 35.5. The number of fused-ring (bicyclic) bond motifs is 1. The van der Waals surface area contributed by atoms with Gasteiger partial charge in [0.15, 0.2) is 0 Å². The zero-order valence-corrected chi connectivity index (χ0v) is 12.8. The number of hydrogen-bond donors (Lipinski definition) is 2. The van der Waals surface area contributed by atoms with Crippen LogP contribution in [0, 0.1) is 5.92 Å². The Bertz CT molecular complexity index is 569. The van der Waals surface area contributed by atoms with Crippen molar-refractivity contribution >= 4 is 22.5 Å². The first kappa shape index (κ1) is 14.0. The standard InChI is InChI=1S/C17H23ClN2/c1-12(13-5-3-2-4-6-13)19-10-14-11-20-17-9-15(18)7-8-16(14)17/h7-9,11-13,19-20H,2-6,10H2,1H3/t12-/m0/s1. The molecule has 1 aromatic carbocycles. The Balaban J connectivity index is 1.64. The van der Waals surface area contributed by atoms with Gasteiger partial charge in [-0.1, -0.05) is 36.9 Å². The zero-order chi connectivity index (χ0) is 13.9. The minimum absolute atomic E-state index is 0.604. The largest absolute Gasteiger partial charge is 0.361 e. The van der Waals surface area contributed by atoms with Gasteiger partial charge < -0.3 is 10.3 Å². The number of nitrogens with one attached hydrogen (secondary N) is 2. The van der Waals surface area contributed by atoms with Crippen molar-refractivity contribution in [3.63, 3.8) is 0 Å². The molecule has 0 amide bonds. The van der Waals surface area contributed by atoms with Crippen molar-refractivity contribution in [3.8, 4) is 0 Å². The van der Waals surface area contributed by atoms with E-state index in [1.165, 1.54) is 43.1 Å². The molecule has 0 unspecified atom stereocenters. The number of aromatic nitrogens is 1. The number of aromatic amines is 1. The topological polar surface area (TPSA) is 27.8 Å². The molecular weight excluding hydrogens is 268 g/mol. The third-order valence-electron chi connectivity index (χ3n) is 4.70. The molecule has 1 saturated carbocycles. The summed E-state index contributed by atoms with van der Waals surface area (Å²) in [5.74, 6) is 0.850. The molecule has 1 aliphatic carbocycles. The van der Waals surface area contributed by atoms with E-state index in [4.69, 9.17) is 11.6 Å². The summed E-state index contributed by atoms with van der Waals surface area (Å²) in [5, 5.41) is 5.77. The second-order valence-corrected chi connectivity index (χ2v) is 6.51. The maximum atomic E-state index is 6.02. The molecule has 0 radical (unpaired) electrons. The second-order valence-electron chi connectivity index (χ2n) is 6.07. The molecule has 108 valence electrons. The Kier molecular flexibility index (Phi) is 4.32. The average Bonchev–Trinajstić information content (AvgIpc) is 2.88. The van der Waals surface area contributed by atoms with E-state index < -0.39 is 0 Å². The van der Waals surface area contributed by atoms with E-state index in [9.17, 15) is 0 Å². The van der Waals surface area contributed by atoms with Crippen LogP contribution in [0.15, 0.2) is 24.4 Å². The highest BCUT2D eigenvalue weighted by Crippen LogP contribution is 2.27. The predicted molar refractivity (Wildman–Crippen MR) is 86.2 cm³/mol. The van der Waals surface area contributed by atoms with Gasteiger partial charge in [0.05, 0.1) is 0 Å². The van der Waals surface area contributed by atoms with E-state index in [2.05, 4.69) is 29.5 Å². The normalized spacial score (nSPS) is 18.5. The minimum Gasteiger partial charge on any atom is -0.361 e.